The van der Waals surface area contributed by atoms with Crippen LogP contribution in [0.25, 0.3) is 11.1 Å². The largest absolute Gasteiger partial charge is 0.419 e. The highest BCUT2D eigenvalue weighted by Crippen LogP contribution is 2.15. The molecule has 0 unspecified atom stereocenters. The summed E-state index contributed by atoms with van der Waals surface area (Å²) in [6.45, 7) is 6.63. The molecule has 0 aliphatic rings. The summed E-state index contributed by atoms with van der Waals surface area (Å²) >= 11 is 0. The Kier molecular flexibility index (Phi) is 5.96. The van der Waals surface area contributed by atoms with Crippen molar-refractivity contribution in [3.05, 3.63) is 64.6 Å². The van der Waals surface area contributed by atoms with E-state index in [1.807, 2.05) is 24.3 Å². The molecule has 27 heavy (non-hydrogen) atoms. The van der Waals surface area contributed by atoms with Gasteiger partial charge in [0.25, 0.3) is 0 Å². The number of rotatable bonds is 8. The predicted octanol–water partition coefficient (Wildman–Crippen LogP) is 2.94. The number of nitrogens with zero attached hydrogens (tertiary/aromatic N) is 2. The molecular weight excluding hydrogens is 342 g/mol. The lowest BCUT2D eigenvalue weighted by molar-refractivity contribution is -0.121. The van der Waals surface area contributed by atoms with E-state index in [4.69, 9.17) is 4.42 Å². The van der Waals surface area contributed by atoms with Gasteiger partial charge in [0.1, 0.15) is 0 Å². The van der Waals surface area contributed by atoms with Gasteiger partial charge in [-0.2, -0.15) is 0 Å². The number of aromatic nitrogens is 1. The number of nitrogens with one attached hydrogen (secondary N) is 1. The quantitative estimate of drug-likeness (QED) is 0.665. The number of fused-ring (bicyclic) bond motifs is 1. The Balaban J connectivity index is 1.51. The van der Waals surface area contributed by atoms with E-state index in [9.17, 15) is 9.59 Å². The second kappa shape index (κ2) is 8.58. The summed E-state index contributed by atoms with van der Waals surface area (Å²) in [4.78, 5) is 26.3. The maximum Gasteiger partial charge on any atom is 0.419 e. The topological polar surface area (TPSA) is 67.5 Å². The molecule has 0 atom stereocenters. The van der Waals surface area contributed by atoms with Crippen molar-refractivity contribution in [2.24, 2.45) is 0 Å². The maximum absolute atomic E-state index is 12.2. The molecule has 2 aromatic carbocycles. The van der Waals surface area contributed by atoms with Gasteiger partial charge in [-0.25, -0.2) is 4.79 Å². The first kappa shape index (κ1) is 18.8. The van der Waals surface area contributed by atoms with E-state index in [0.29, 0.717) is 24.2 Å². The van der Waals surface area contributed by atoms with E-state index in [2.05, 4.69) is 42.3 Å². The van der Waals surface area contributed by atoms with Crippen LogP contribution < -0.4 is 16.0 Å². The molecule has 0 fully saturated rings. The monoisotopic (exact) mass is 367 g/mol. The first-order valence-electron chi connectivity index (χ1n) is 9.25. The zero-order valence-corrected chi connectivity index (χ0v) is 15.8. The lowest BCUT2D eigenvalue weighted by Gasteiger charge is -2.23. The van der Waals surface area contributed by atoms with Crippen LogP contribution in [0.3, 0.4) is 0 Å². The summed E-state index contributed by atoms with van der Waals surface area (Å²) in [5.41, 5.74) is 3.63. The van der Waals surface area contributed by atoms with Gasteiger partial charge in [-0.15, -0.1) is 0 Å². The van der Waals surface area contributed by atoms with Crippen LogP contribution >= 0.6 is 0 Å². The summed E-state index contributed by atoms with van der Waals surface area (Å²) in [5.74, 6) is -0.506. The number of aryl methyl sites for hydroxylation is 2. The van der Waals surface area contributed by atoms with Gasteiger partial charge < -0.3 is 14.6 Å². The average Bonchev–Trinajstić information content (AvgIpc) is 2.98. The molecule has 0 spiro atoms. The second-order valence-electron chi connectivity index (χ2n) is 6.51. The fourth-order valence-electron chi connectivity index (χ4n) is 3.15. The molecular formula is C21H25N3O3. The molecule has 0 bridgehead atoms. The van der Waals surface area contributed by atoms with Gasteiger partial charge in [0.15, 0.2) is 5.58 Å². The van der Waals surface area contributed by atoms with Crippen LogP contribution in [0.15, 0.2) is 57.7 Å². The molecule has 0 radical (unpaired) electrons. The van der Waals surface area contributed by atoms with E-state index < -0.39 is 5.76 Å². The number of likely N-dealkylation sites (N-methyl/N-ethyl adjacent to an activating group) is 1. The third-order valence-electron chi connectivity index (χ3n) is 4.59. The molecule has 142 valence electrons. The molecule has 0 aliphatic carbocycles. The number of hydrogen-bond donors (Lipinski definition) is 1. The smallest absolute Gasteiger partial charge is 0.408 e. The Morgan fingerprint density at radius 3 is 2.78 bits per heavy atom. The van der Waals surface area contributed by atoms with Crippen molar-refractivity contribution in [2.75, 3.05) is 24.5 Å². The number of carbonyl (C=O) groups is 1. The number of para-hydroxylation sites is 2. The number of oxazole rings is 1. The predicted molar refractivity (Wildman–Crippen MR) is 107 cm³/mol. The summed E-state index contributed by atoms with van der Waals surface area (Å²) in [5, 5.41) is 2.94. The van der Waals surface area contributed by atoms with E-state index in [0.717, 1.165) is 18.8 Å². The fourth-order valence-corrected chi connectivity index (χ4v) is 3.15. The normalized spacial score (nSPS) is 10.9. The van der Waals surface area contributed by atoms with Gasteiger partial charge in [-0.05, 0) is 43.7 Å². The first-order chi connectivity index (χ1) is 13.1. The highest BCUT2D eigenvalue weighted by atomic mass is 16.4. The Morgan fingerprint density at radius 1 is 1.19 bits per heavy atom. The molecule has 1 heterocycles. The van der Waals surface area contributed by atoms with Crippen molar-refractivity contribution >= 4 is 22.7 Å². The molecule has 0 saturated heterocycles. The van der Waals surface area contributed by atoms with Crippen LogP contribution in [0.4, 0.5) is 5.69 Å². The van der Waals surface area contributed by atoms with E-state index >= 15 is 0 Å². The van der Waals surface area contributed by atoms with Crippen LogP contribution in [-0.4, -0.2) is 30.1 Å². The van der Waals surface area contributed by atoms with Crippen LogP contribution in [0, 0.1) is 6.92 Å². The highest BCUT2D eigenvalue weighted by molar-refractivity contribution is 5.76. The minimum absolute atomic E-state index is 0.0764. The highest BCUT2D eigenvalue weighted by Gasteiger charge is 2.11. The zero-order chi connectivity index (χ0) is 19.2. The lowest BCUT2D eigenvalue weighted by Crippen LogP contribution is -2.35. The number of benzene rings is 2. The number of hydrogen-bond acceptors (Lipinski definition) is 4. The van der Waals surface area contributed by atoms with Gasteiger partial charge in [0.05, 0.1) is 5.52 Å². The van der Waals surface area contributed by atoms with E-state index in [1.54, 1.807) is 6.07 Å². The van der Waals surface area contributed by atoms with Gasteiger partial charge >= 0.3 is 5.76 Å². The molecule has 3 aromatic rings. The molecule has 6 heteroatoms. The first-order valence-corrected chi connectivity index (χ1v) is 9.25. The lowest BCUT2D eigenvalue weighted by atomic mass is 10.2. The minimum atomic E-state index is -0.430. The second-order valence-corrected chi connectivity index (χ2v) is 6.51. The number of anilines is 1. The third kappa shape index (κ3) is 4.58. The molecule has 1 amide bonds. The third-order valence-corrected chi connectivity index (χ3v) is 4.59. The van der Waals surface area contributed by atoms with Crippen LogP contribution in [0.2, 0.25) is 0 Å². The fraction of sp³-hybridized carbons (Fsp3) is 0.333. The zero-order valence-electron chi connectivity index (χ0n) is 15.8. The Bertz CT molecular complexity index is 974. The van der Waals surface area contributed by atoms with Crippen molar-refractivity contribution in [3.63, 3.8) is 0 Å². The molecule has 1 aromatic heterocycles. The molecule has 6 nitrogen and oxygen atoms in total. The minimum Gasteiger partial charge on any atom is -0.408 e. The van der Waals surface area contributed by atoms with Crippen molar-refractivity contribution in [1.29, 1.82) is 0 Å². The van der Waals surface area contributed by atoms with Crippen molar-refractivity contribution in [1.82, 2.24) is 9.88 Å². The molecule has 0 saturated carbocycles. The summed E-state index contributed by atoms with van der Waals surface area (Å²) in [6.07, 6.45) is 0.236. The number of carbonyl (C=O) groups excluding carboxylic acids is 1. The Labute approximate surface area is 158 Å². The van der Waals surface area contributed by atoms with Crippen molar-refractivity contribution in [3.8, 4) is 0 Å². The van der Waals surface area contributed by atoms with Crippen molar-refractivity contribution in [2.45, 2.75) is 26.8 Å². The molecule has 1 N–H and O–H groups in total. The van der Waals surface area contributed by atoms with Crippen LogP contribution in [0.1, 0.15) is 18.9 Å². The van der Waals surface area contributed by atoms with Gasteiger partial charge in [-0.3, -0.25) is 9.36 Å². The standard InChI is InChI=1S/C21H25N3O3/c1-3-23(17-8-6-7-16(2)15-17)14-12-22-20(25)11-13-24-18-9-4-5-10-19(18)27-21(24)26/h4-10,15H,3,11-14H2,1-2H3,(H,22,25). The molecule has 0 aliphatic heterocycles. The summed E-state index contributed by atoms with van der Waals surface area (Å²) in [7, 11) is 0. The van der Waals surface area contributed by atoms with Crippen LogP contribution in [-0.2, 0) is 11.3 Å². The van der Waals surface area contributed by atoms with Gasteiger partial charge in [0.2, 0.25) is 5.91 Å². The maximum atomic E-state index is 12.2. The summed E-state index contributed by atoms with van der Waals surface area (Å²) in [6, 6.07) is 15.6. The number of amides is 1. The average molecular weight is 367 g/mol. The Morgan fingerprint density at radius 2 is 2.00 bits per heavy atom. The Hall–Kier alpha value is -3.02. The molecule has 3 rings (SSSR count). The summed E-state index contributed by atoms with van der Waals surface area (Å²) < 4.78 is 6.69. The van der Waals surface area contributed by atoms with E-state index in [1.165, 1.54) is 10.1 Å². The SMILES string of the molecule is CCN(CCNC(=O)CCn1c(=O)oc2ccccc21)c1cccc(C)c1. The van der Waals surface area contributed by atoms with Crippen molar-refractivity contribution < 1.29 is 9.21 Å². The van der Waals surface area contributed by atoms with Gasteiger partial charge in [-0.1, -0.05) is 24.3 Å². The van der Waals surface area contributed by atoms with E-state index in [-0.39, 0.29) is 12.3 Å². The van der Waals surface area contributed by atoms with Gasteiger partial charge in [0, 0.05) is 38.3 Å². The van der Waals surface area contributed by atoms with Crippen LogP contribution in [0.5, 0.6) is 0 Å².